The number of benzene rings is 2. The highest BCUT2D eigenvalue weighted by Gasteiger charge is 2.40. The second-order valence-corrected chi connectivity index (χ2v) is 11.0. The first-order valence-corrected chi connectivity index (χ1v) is 13.8. The summed E-state index contributed by atoms with van der Waals surface area (Å²) in [6.45, 7) is 1.32. The van der Waals surface area contributed by atoms with E-state index in [4.69, 9.17) is 34.8 Å². The molecule has 0 aromatic heterocycles. The second kappa shape index (κ2) is 13.4. The van der Waals surface area contributed by atoms with Crippen LogP contribution in [0.2, 0.25) is 15.1 Å². The Morgan fingerprint density at radius 3 is 2.10 bits per heavy atom. The third-order valence-electron chi connectivity index (χ3n) is 5.13. The van der Waals surface area contributed by atoms with Crippen LogP contribution < -0.4 is 10.6 Å². The molecule has 2 aromatic rings. The van der Waals surface area contributed by atoms with Gasteiger partial charge >= 0.3 is 12.4 Å². The minimum atomic E-state index is -5.03. The first-order chi connectivity index (χ1) is 17.9. The summed E-state index contributed by atoms with van der Waals surface area (Å²) in [6, 6.07) is 4.28. The number of amides is 2. The third-order valence-corrected chi connectivity index (χ3v) is 7.11. The van der Waals surface area contributed by atoms with Gasteiger partial charge in [0.05, 0.1) is 38.3 Å². The van der Waals surface area contributed by atoms with Gasteiger partial charge in [0.25, 0.3) is 5.91 Å². The van der Waals surface area contributed by atoms with Gasteiger partial charge in [-0.15, -0.1) is 0 Å². The van der Waals surface area contributed by atoms with Crippen molar-refractivity contribution in [2.45, 2.75) is 37.8 Å². The zero-order valence-corrected chi connectivity index (χ0v) is 23.2. The maximum Gasteiger partial charge on any atom is 0.417 e. The van der Waals surface area contributed by atoms with Gasteiger partial charge in [0.2, 0.25) is 5.91 Å². The summed E-state index contributed by atoms with van der Waals surface area (Å²) in [5.74, 6) is -3.97. The van der Waals surface area contributed by atoms with Crippen molar-refractivity contribution in [3.05, 3.63) is 73.7 Å². The standard InChI is InChI=1S/C24H21Cl3F6N2O3S/c1-12(34-20(36)7-8-39(2)38)35-22(37)15-5-3-13(9-17(15)24(31,32)33)4-6-16(23(28,29)30)14-10-18(25)21(27)19(26)11-14/h3-6,9-12,16H,7-8H2,1-2H3,(H,34,36)(H,35,37)/b6-4+/t12-,16?,39?/m1/s1. The molecule has 2 rings (SSSR count). The molecule has 0 fully saturated rings. The third kappa shape index (κ3) is 9.70. The second-order valence-electron chi connectivity index (χ2n) is 8.27. The van der Waals surface area contributed by atoms with Crippen molar-refractivity contribution >= 4 is 63.5 Å². The summed E-state index contributed by atoms with van der Waals surface area (Å²) < 4.78 is 93.7. The fourth-order valence-electron chi connectivity index (χ4n) is 3.33. The van der Waals surface area contributed by atoms with Gasteiger partial charge in [-0.3, -0.25) is 13.8 Å². The van der Waals surface area contributed by atoms with Crippen LogP contribution >= 0.6 is 34.8 Å². The van der Waals surface area contributed by atoms with E-state index in [0.717, 1.165) is 30.3 Å². The average molecular weight is 638 g/mol. The normalized spacial score (nSPS) is 14.6. The topological polar surface area (TPSA) is 75.3 Å². The fourth-order valence-corrected chi connectivity index (χ4v) is 4.42. The van der Waals surface area contributed by atoms with Gasteiger partial charge in [0.1, 0.15) is 0 Å². The lowest BCUT2D eigenvalue weighted by Gasteiger charge is -2.19. The monoisotopic (exact) mass is 636 g/mol. The number of nitrogens with one attached hydrogen (secondary N) is 2. The zero-order valence-electron chi connectivity index (χ0n) is 20.1. The molecular weight excluding hydrogens is 617 g/mol. The van der Waals surface area contributed by atoms with E-state index in [0.29, 0.717) is 12.1 Å². The Morgan fingerprint density at radius 2 is 1.59 bits per heavy atom. The van der Waals surface area contributed by atoms with Gasteiger partial charge in [-0.25, -0.2) is 0 Å². The molecule has 0 saturated carbocycles. The molecule has 0 spiro atoms. The Balaban J connectivity index is 2.34. The van der Waals surface area contributed by atoms with Crippen molar-refractivity contribution in [3.63, 3.8) is 0 Å². The molecule has 2 unspecified atom stereocenters. The Morgan fingerprint density at radius 1 is 1.00 bits per heavy atom. The molecule has 214 valence electrons. The molecule has 0 heterocycles. The maximum absolute atomic E-state index is 13.8. The molecule has 2 amide bonds. The number of halogens is 9. The van der Waals surface area contributed by atoms with Crippen molar-refractivity contribution in [2.75, 3.05) is 12.0 Å². The maximum atomic E-state index is 13.8. The van der Waals surface area contributed by atoms with Gasteiger partial charge in [-0.1, -0.05) is 53.0 Å². The van der Waals surface area contributed by atoms with Crippen molar-refractivity contribution in [3.8, 4) is 0 Å². The summed E-state index contributed by atoms with van der Waals surface area (Å²) in [5.41, 5.74) is -2.86. The number of carbonyl (C=O) groups is 2. The highest BCUT2D eigenvalue weighted by Crippen LogP contribution is 2.41. The lowest BCUT2D eigenvalue weighted by atomic mass is 9.96. The van der Waals surface area contributed by atoms with Crippen LogP contribution in [-0.4, -0.2) is 40.4 Å². The molecular formula is C24H21Cl3F6N2O3S. The number of allylic oxidation sites excluding steroid dienone is 1. The quantitative estimate of drug-likeness (QED) is 0.177. The fraction of sp³-hybridized carbons (Fsp3) is 0.333. The molecule has 0 radical (unpaired) electrons. The van der Waals surface area contributed by atoms with E-state index in [1.807, 2.05) is 0 Å². The zero-order chi connectivity index (χ0) is 29.7. The smallest absolute Gasteiger partial charge is 0.336 e. The highest BCUT2D eigenvalue weighted by atomic mass is 35.5. The number of rotatable bonds is 9. The first-order valence-electron chi connectivity index (χ1n) is 10.9. The molecule has 0 aliphatic heterocycles. The Hall–Kier alpha value is -2.28. The van der Waals surface area contributed by atoms with E-state index in [1.165, 1.54) is 13.2 Å². The molecule has 15 heteroatoms. The molecule has 0 bridgehead atoms. The van der Waals surface area contributed by atoms with Crippen LogP contribution in [0.25, 0.3) is 6.08 Å². The summed E-state index contributed by atoms with van der Waals surface area (Å²) in [5, 5.41) is 3.93. The van der Waals surface area contributed by atoms with E-state index in [-0.39, 0.29) is 38.4 Å². The predicted molar refractivity (Wildman–Crippen MR) is 139 cm³/mol. The SMILES string of the molecule is C[C@H](NC(=O)CCS(C)=O)NC(=O)c1ccc(/C=C/C(c2cc(Cl)c(Cl)c(Cl)c2)C(F)(F)F)cc1C(F)(F)F. The summed E-state index contributed by atoms with van der Waals surface area (Å²) in [4.78, 5) is 24.4. The van der Waals surface area contributed by atoms with E-state index >= 15 is 0 Å². The Kier molecular flexibility index (Phi) is 11.3. The van der Waals surface area contributed by atoms with Gasteiger partial charge in [-0.2, -0.15) is 26.3 Å². The minimum Gasteiger partial charge on any atom is -0.336 e. The molecule has 2 N–H and O–H groups in total. The van der Waals surface area contributed by atoms with Crippen LogP contribution in [0.3, 0.4) is 0 Å². The van der Waals surface area contributed by atoms with Gasteiger partial charge < -0.3 is 10.6 Å². The van der Waals surface area contributed by atoms with Crippen molar-refractivity contribution in [1.29, 1.82) is 0 Å². The van der Waals surface area contributed by atoms with Crippen LogP contribution in [0.5, 0.6) is 0 Å². The Bertz CT molecular complexity index is 1260. The molecule has 39 heavy (non-hydrogen) atoms. The van der Waals surface area contributed by atoms with E-state index in [2.05, 4.69) is 10.6 Å². The molecule has 0 aliphatic carbocycles. The molecule has 0 aliphatic rings. The number of hydrogen-bond donors (Lipinski definition) is 2. The Labute approximate surface area is 237 Å². The minimum absolute atomic E-state index is 0.0625. The van der Waals surface area contributed by atoms with Crippen molar-refractivity contribution in [1.82, 2.24) is 10.6 Å². The summed E-state index contributed by atoms with van der Waals surface area (Å²) in [7, 11) is -1.24. The number of carbonyl (C=O) groups excluding carboxylic acids is 2. The van der Waals surface area contributed by atoms with Crippen molar-refractivity contribution < 1.29 is 40.1 Å². The lowest BCUT2D eigenvalue weighted by molar-refractivity contribution is -0.139. The van der Waals surface area contributed by atoms with Crippen LogP contribution in [0.4, 0.5) is 26.3 Å². The molecule has 2 aromatic carbocycles. The summed E-state index contributed by atoms with van der Waals surface area (Å²) in [6.07, 6.45) is -8.22. The van der Waals surface area contributed by atoms with E-state index in [9.17, 15) is 40.1 Å². The lowest BCUT2D eigenvalue weighted by Crippen LogP contribution is -2.46. The molecule has 3 atom stereocenters. The van der Waals surface area contributed by atoms with E-state index < -0.39 is 58.2 Å². The average Bonchev–Trinajstić information content (AvgIpc) is 2.79. The van der Waals surface area contributed by atoms with Crippen LogP contribution in [-0.2, 0) is 21.8 Å². The van der Waals surface area contributed by atoms with E-state index in [1.54, 1.807) is 0 Å². The highest BCUT2D eigenvalue weighted by molar-refractivity contribution is 7.84. The van der Waals surface area contributed by atoms with Crippen LogP contribution in [0, 0.1) is 0 Å². The predicted octanol–water partition coefficient (Wildman–Crippen LogP) is 6.99. The van der Waals surface area contributed by atoms with Gasteiger partial charge in [0.15, 0.2) is 0 Å². The van der Waals surface area contributed by atoms with Crippen LogP contribution in [0.1, 0.15) is 46.3 Å². The van der Waals surface area contributed by atoms with Gasteiger partial charge in [0, 0.05) is 29.2 Å². The number of alkyl halides is 6. The molecule has 0 saturated heterocycles. The number of hydrogen-bond acceptors (Lipinski definition) is 3. The first kappa shape index (κ1) is 32.9. The van der Waals surface area contributed by atoms with Gasteiger partial charge in [-0.05, 0) is 42.3 Å². The largest absolute Gasteiger partial charge is 0.417 e. The molecule has 5 nitrogen and oxygen atoms in total. The van der Waals surface area contributed by atoms with Crippen molar-refractivity contribution in [2.24, 2.45) is 0 Å². The van der Waals surface area contributed by atoms with Crippen LogP contribution in [0.15, 0.2) is 36.4 Å². The summed E-state index contributed by atoms with van der Waals surface area (Å²) >= 11 is 17.5.